The Hall–Kier alpha value is -0.370. The zero-order valence-electron chi connectivity index (χ0n) is 7.55. The fourth-order valence-corrected chi connectivity index (χ4v) is 1.05. The predicted molar refractivity (Wildman–Crippen MR) is 45.2 cm³/mol. The first-order valence-corrected chi connectivity index (χ1v) is 4.22. The van der Waals surface area contributed by atoms with E-state index in [-0.39, 0.29) is 17.2 Å². The van der Waals surface area contributed by atoms with Crippen molar-refractivity contribution in [1.29, 1.82) is 0 Å². The third kappa shape index (κ3) is 2.03. The molecular weight excluding hydrogens is 138 g/mol. The zero-order chi connectivity index (χ0) is 8.65. The number of carbonyl (C=O) groups excluding carboxylic acids is 1. The van der Waals surface area contributed by atoms with Gasteiger partial charge in [0.05, 0.1) is 6.04 Å². The highest BCUT2D eigenvalue weighted by Crippen LogP contribution is 2.33. The number of hydrogen-bond donors (Lipinski definition) is 1. The summed E-state index contributed by atoms with van der Waals surface area (Å²) in [6.07, 6.45) is 2.12. The van der Waals surface area contributed by atoms with Crippen LogP contribution >= 0.6 is 0 Å². The van der Waals surface area contributed by atoms with Crippen molar-refractivity contribution in [3.63, 3.8) is 0 Å². The molecule has 0 heterocycles. The molecule has 1 atom stereocenters. The molecule has 2 nitrogen and oxygen atoms in total. The predicted octanol–water partition coefficient (Wildman–Crippen LogP) is 1.34. The summed E-state index contributed by atoms with van der Waals surface area (Å²) in [7, 11) is 0. The molecule has 0 saturated heterocycles. The normalized spacial score (nSPS) is 21.5. The van der Waals surface area contributed by atoms with Crippen LogP contribution in [-0.4, -0.2) is 11.8 Å². The highest BCUT2D eigenvalue weighted by Gasteiger charge is 2.37. The van der Waals surface area contributed by atoms with Gasteiger partial charge in [-0.1, -0.05) is 20.8 Å². The summed E-state index contributed by atoms with van der Waals surface area (Å²) in [5.74, 6) is 0.557. The van der Waals surface area contributed by atoms with Crippen LogP contribution in [0.5, 0.6) is 0 Å². The van der Waals surface area contributed by atoms with Crippen LogP contribution in [0.2, 0.25) is 0 Å². The second kappa shape index (κ2) is 2.59. The lowest BCUT2D eigenvalue weighted by atomic mass is 9.83. The molecule has 1 aliphatic carbocycles. The smallest absolute Gasteiger partial charge is 0.153 e. The first-order valence-electron chi connectivity index (χ1n) is 4.22. The van der Waals surface area contributed by atoms with Crippen molar-refractivity contribution >= 4 is 5.78 Å². The van der Waals surface area contributed by atoms with Gasteiger partial charge in [-0.25, -0.2) is 0 Å². The Morgan fingerprint density at radius 3 is 2.18 bits per heavy atom. The standard InChI is InChI=1S/C9H17NO/c1-9(2,3)8(10)7(11)6-4-5-6/h6,8H,4-5,10H2,1-3H3/t8-/m1/s1. The molecule has 0 aromatic heterocycles. The third-order valence-corrected chi connectivity index (χ3v) is 2.22. The molecule has 11 heavy (non-hydrogen) atoms. The summed E-state index contributed by atoms with van der Waals surface area (Å²) in [5, 5.41) is 0. The molecule has 2 heteroatoms. The largest absolute Gasteiger partial charge is 0.321 e. The van der Waals surface area contributed by atoms with Gasteiger partial charge in [-0.05, 0) is 18.3 Å². The molecule has 0 unspecified atom stereocenters. The van der Waals surface area contributed by atoms with Crippen LogP contribution in [0.4, 0.5) is 0 Å². The van der Waals surface area contributed by atoms with E-state index in [0.717, 1.165) is 12.8 Å². The van der Waals surface area contributed by atoms with E-state index in [1.807, 2.05) is 20.8 Å². The summed E-state index contributed by atoms with van der Waals surface area (Å²) in [6.45, 7) is 6.04. The Bertz CT molecular complexity index is 165. The van der Waals surface area contributed by atoms with Gasteiger partial charge in [-0.2, -0.15) is 0 Å². The van der Waals surface area contributed by atoms with Crippen molar-refractivity contribution in [3.05, 3.63) is 0 Å². The van der Waals surface area contributed by atoms with Crippen molar-refractivity contribution in [1.82, 2.24) is 0 Å². The molecule has 64 valence electrons. The number of ketones is 1. The van der Waals surface area contributed by atoms with Crippen LogP contribution in [0.3, 0.4) is 0 Å². The lowest BCUT2D eigenvalue weighted by molar-refractivity contribution is -0.123. The Kier molecular flexibility index (Phi) is 2.06. The van der Waals surface area contributed by atoms with E-state index in [9.17, 15) is 4.79 Å². The summed E-state index contributed by atoms with van der Waals surface area (Å²) < 4.78 is 0. The van der Waals surface area contributed by atoms with Gasteiger partial charge in [0, 0.05) is 5.92 Å². The maximum absolute atomic E-state index is 11.4. The van der Waals surface area contributed by atoms with Crippen LogP contribution in [0, 0.1) is 11.3 Å². The number of nitrogens with two attached hydrogens (primary N) is 1. The molecule has 0 spiro atoms. The fraction of sp³-hybridized carbons (Fsp3) is 0.889. The van der Waals surface area contributed by atoms with E-state index in [0.29, 0.717) is 5.92 Å². The van der Waals surface area contributed by atoms with Crippen molar-refractivity contribution in [3.8, 4) is 0 Å². The second-order valence-corrected chi connectivity index (χ2v) is 4.52. The van der Waals surface area contributed by atoms with E-state index in [1.165, 1.54) is 0 Å². The van der Waals surface area contributed by atoms with Crippen molar-refractivity contribution in [2.45, 2.75) is 39.7 Å². The van der Waals surface area contributed by atoms with Crippen LogP contribution in [0.1, 0.15) is 33.6 Å². The van der Waals surface area contributed by atoms with Gasteiger partial charge in [0.1, 0.15) is 0 Å². The Labute approximate surface area is 68.2 Å². The second-order valence-electron chi connectivity index (χ2n) is 4.52. The van der Waals surface area contributed by atoms with Crippen LogP contribution in [0.15, 0.2) is 0 Å². The van der Waals surface area contributed by atoms with E-state index < -0.39 is 0 Å². The molecule has 2 N–H and O–H groups in total. The van der Waals surface area contributed by atoms with E-state index in [2.05, 4.69) is 0 Å². The average Bonchev–Trinajstić information content (AvgIpc) is 2.63. The molecule has 0 amide bonds. The van der Waals surface area contributed by atoms with E-state index in [1.54, 1.807) is 0 Å². The van der Waals surface area contributed by atoms with E-state index >= 15 is 0 Å². The third-order valence-electron chi connectivity index (χ3n) is 2.22. The fourth-order valence-electron chi connectivity index (χ4n) is 1.05. The molecule has 0 radical (unpaired) electrons. The SMILES string of the molecule is CC(C)(C)[C@H](N)C(=O)C1CC1. The number of carbonyl (C=O) groups is 1. The minimum absolute atomic E-state index is 0.0698. The summed E-state index contributed by atoms with van der Waals surface area (Å²) in [5.41, 5.74) is 5.72. The maximum Gasteiger partial charge on any atom is 0.153 e. The summed E-state index contributed by atoms with van der Waals surface area (Å²) >= 11 is 0. The van der Waals surface area contributed by atoms with Crippen molar-refractivity contribution in [2.75, 3.05) is 0 Å². The summed E-state index contributed by atoms with van der Waals surface area (Å²) in [4.78, 5) is 11.4. The van der Waals surface area contributed by atoms with Crippen LogP contribution in [-0.2, 0) is 4.79 Å². The maximum atomic E-state index is 11.4. The lowest BCUT2D eigenvalue weighted by Gasteiger charge is -2.25. The topological polar surface area (TPSA) is 43.1 Å². The van der Waals surface area contributed by atoms with Gasteiger partial charge in [0.2, 0.25) is 0 Å². The minimum Gasteiger partial charge on any atom is -0.321 e. The molecule has 1 fully saturated rings. The van der Waals surface area contributed by atoms with Gasteiger partial charge in [0.15, 0.2) is 5.78 Å². The molecule has 1 rings (SSSR count). The monoisotopic (exact) mass is 155 g/mol. The first kappa shape index (κ1) is 8.72. The highest BCUT2D eigenvalue weighted by atomic mass is 16.1. The number of Topliss-reactive ketones (excluding diaryl/α,β-unsaturated/α-hetero) is 1. The Morgan fingerprint density at radius 1 is 1.45 bits per heavy atom. The van der Waals surface area contributed by atoms with Crippen LogP contribution < -0.4 is 5.73 Å². The van der Waals surface area contributed by atoms with Gasteiger partial charge >= 0.3 is 0 Å². The van der Waals surface area contributed by atoms with Gasteiger partial charge < -0.3 is 5.73 Å². The number of rotatable bonds is 2. The summed E-state index contributed by atoms with van der Waals surface area (Å²) in [6, 6.07) is -0.269. The molecule has 0 bridgehead atoms. The minimum atomic E-state index is -0.269. The first-order chi connectivity index (χ1) is 4.93. The molecular formula is C9H17NO. The van der Waals surface area contributed by atoms with Gasteiger partial charge in [0.25, 0.3) is 0 Å². The quantitative estimate of drug-likeness (QED) is 0.654. The average molecular weight is 155 g/mol. The lowest BCUT2D eigenvalue weighted by Crippen LogP contribution is -2.43. The molecule has 0 aromatic rings. The van der Waals surface area contributed by atoms with Crippen LogP contribution in [0.25, 0.3) is 0 Å². The molecule has 1 aliphatic rings. The molecule has 0 aromatic carbocycles. The van der Waals surface area contributed by atoms with Gasteiger partial charge in [-0.3, -0.25) is 4.79 Å². The zero-order valence-corrected chi connectivity index (χ0v) is 7.55. The van der Waals surface area contributed by atoms with E-state index in [4.69, 9.17) is 5.73 Å². The Morgan fingerprint density at radius 2 is 1.91 bits per heavy atom. The molecule has 1 saturated carbocycles. The molecule has 0 aliphatic heterocycles. The van der Waals surface area contributed by atoms with Crippen molar-refractivity contribution in [2.24, 2.45) is 17.1 Å². The van der Waals surface area contributed by atoms with Crippen molar-refractivity contribution < 1.29 is 4.79 Å². The van der Waals surface area contributed by atoms with Gasteiger partial charge in [-0.15, -0.1) is 0 Å². The number of hydrogen-bond acceptors (Lipinski definition) is 2. The highest BCUT2D eigenvalue weighted by molar-refractivity contribution is 5.88. The Balaban J connectivity index is 2.52.